The standard InChI is InChI=1S/C9H14N2O3/c1-6(12)9-10-8(11-14-9)7-2-4-13-5-3-7/h6-7,12H,2-5H2,1H3/t6-/m0/s1. The Hall–Kier alpha value is -0.940. The molecule has 0 aliphatic carbocycles. The zero-order valence-electron chi connectivity index (χ0n) is 8.14. The highest BCUT2D eigenvalue weighted by Crippen LogP contribution is 2.25. The van der Waals surface area contributed by atoms with Crippen molar-refractivity contribution in [3.8, 4) is 0 Å². The quantitative estimate of drug-likeness (QED) is 0.768. The lowest BCUT2D eigenvalue weighted by molar-refractivity contribution is 0.0830. The van der Waals surface area contributed by atoms with Gasteiger partial charge >= 0.3 is 0 Å². The lowest BCUT2D eigenvalue weighted by Crippen LogP contribution is -2.15. The number of nitrogens with zero attached hydrogens (tertiary/aromatic N) is 2. The van der Waals surface area contributed by atoms with Gasteiger partial charge in [0.1, 0.15) is 6.10 Å². The average molecular weight is 198 g/mol. The SMILES string of the molecule is C[C@H](O)c1nc(C2CCOCC2)no1. The smallest absolute Gasteiger partial charge is 0.255 e. The van der Waals surface area contributed by atoms with Crippen LogP contribution in [0.5, 0.6) is 0 Å². The second kappa shape index (κ2) is 4.06. The van der Waals surface area contributed by atoms with E-state index in [1.165, 1.54) is 0 Å². The second-order valence-corrected chi connectivity index (χ2v) is 3.55. The van der Waals surface area contributed by atoms with Gasteiger partial charge in [0.15, 0.2) is 5.82 Å². The number of aliphatic hydroxyl groups is 1. The number of ether oxygens (including phenoxy) is 1. The predicted molar refractivity (Wildman–Crippen MR) is 47.7 cm³/mol. The maximum absolute atomic E-state index is 9.21. The summed E-state index contributed by atoms with van der Waals surface area (Å²) in [5, 5.41) is 13.1. The van der Waals surface area contributed by atoms with Crippen molar-refractivity contribution in [2.24, 2.45) is 0 Å². The third kappa shape index (κ3) is 1.93. The lowest BCUT2D eigenvalue weighted by atomic mass is 10.00. The van der Waals surface area contributed by atoms with E-state index in [2.05, 4.69) is 10.1 Å². The predicted octanol–water partition coefficient (Wildman–Crippen LogP) is 1.02. The largest absolute Gasteiger partial charge is 0.384 e. The molecular weight excluding hydrogens is 184 g/mol. The van der Waals surface area contributed by atoms with Crippen LogP contribution in [-0.2, 0) is 4.74 Å². The Bertz CT molecular complexity index is 292. The van der Waals surface area contributed by atoms with Gasteiger partial charge in [0.05, 0.1) is 0 Å². The van der Waals surface area contributed by atoms with Gasteiger partial charge in [-0.15, -0.1) is 0 Å². The molecule has 0 bridgehead atoms. The van der Waals surface area contributed by atoms with Gasteiger partial charge in [-0.3, -0.25) is 0 Å². The first-order valence-electron chi connectivity index (χ1n) is 4.86. The maximum atomic E-state index is 9.21. The summed E-state index contributed by atoms with van der Waals surface area (Å²) in [6, 6.07) is 0. The lowest BCUT2D eigenvalue weighted by Gasteiger charge is -2.18. The molecule has 0 aromatic carbocycles. The van der Waals surface area contributed by atoms with E-state index in [1.807, 2.05) is 0 Å². The minimum atomic E-state index is -0.684. The third-order valence-corrected chi connectivity index (χ3v) is 2.40. The van der Waals surface area contributed by atoms with Crippen molar-refractivity contribution in [2.45, 2.75) is 31.8 Å². The topological polar surface area (TPSA) is 68.4 Å². The van der Waals surface area contributed by atoms with Crippen LogP contribution in [0, 0.1) is 0 Å². The molecule has 14 heavy (non-hydrogen) atoms. The molecule has 0 unspecified atom stereocenters. The van der Waals surface area contributed by atoms with E-state index in [-0.39, 0.29) is 0 Å². The summed E-state index contributed by atoms with van der Waals surface area (Å²) < 4.78 is 10.2. The molecule has 1 fully saturated rings. The third-order valence-electron chi connectivity index (χ3n) is 2.40. The van der Waals surface area contributed by atoms with Gasteiger partial charge in [0.2, 0.25) is 0 Å². The van der Waals surface area contributed by atoms with Crippen molar-refractivity contribution in [3.05, 3.63) is 11.7 Å². The highest BCUT2D eigenvalue weighted by Gasteiger charge is 2.22. The van der Waals surface area contributed by atoms with Gasteiger partial charge in [0.25, 0.3) is 5.89 Å². The number of hydrogen-bond donors (Lipinski definition) is 1. The fraction of sp³-hybridized carbons (Fsp3) is 0.778. The Balaban J connectivity index is 2.07. The van der Waals surface area contributed by atoms with Crippen molar-refractivity contribution in [1.82, 2.24) is 10.1 Å². The molecule has 0 saturated carbocycles. The van der Waals surface area contributed by atoms with E-state index in [9.17, 15) is 5.11 Å². The molecule has 5 nitrogen and oxygen atoms in total. The molecule has 0 spiro atoms. The van der Waals surface area contributed by atoms with Gasteiger partial charge in [-0.05, 0) is 19.8 Å². The minimum Gasteiger partial charge on any atom is -0.384 e. The van der Waals surface area contributed by atoms with E-state index >= 15 is 0 Å². The van der Waals surface area contributed by atoms with Crippen LogP contribution in [0.3, 0.4) is 0 Å². The van der Waals surface area contributed by atoms with Gasteiger partial charge in [-0.2, -0.15) is 4.98 Å². The Morgan fingerprint density at radius 1 is 1.43 bits per heavy atom. The van der Waals surface area contributed by atoms with Gasteiger partial charge in [-0.25, -0.2) is 0 Å². The molecule has 1 saturated heterocycles. The van der Waals surface area contributed by atoms with Crippen molar-refractivity contribution in [3.63, 3.8) is 0 Å². The van der Waals surface area contributed by atoms with Crippen LogP contribution < -0.4 is 0 Å². The van der Waals surface area contributed by atoms with Crippen LogP contribution in [0.15, 0.2) is 4.52 Å². The molecule has 1 N–H and O–H groups in total. The molecular formula is C9H14N2O3. The average Bonchev–Trinajstić information content (AvgIpc) is 2.68. The summed E-state index contributed by atoms with van der Waals surface area (Å²) in [5.74, 6) is 1.32. The Morgan fingerprint density at radius 3 is 2.71 bits per heavy atom. The van der Waals surface area contributed by atoms with E-state index in [0.717, 1.165) is 26.1 Å². The van der Waals surface area contributed by atoms with Crippen molar-refractivity contribution in [1.29, 1.82) is 0 Å². The van der Waals surface area contributed by atoms with Crippen LogP contribution in [0.25, 0.3) is 0 Å². The van der Waals surface area contributed by atoms with Crippen LogP contribution in [0.1, 0.15) is 43.5 Å². The molecule has 1 aromatic rings. The van der Waals surface area contributed by atoms with Crippen LogP contribution in [0.2, 0.25) is 0 Å². The molecule has 1 aliphatic rings. The van der Waals surface area contributed by atoms with E-state index in [1.54, 1.807) is 6.92 Å². The van der Waals surface area contributed by atoms with Crippen LogP contribution >= 0.6 is 0 Å². The Kier molecular flexibility index (Phi) is 2.79. The molecule has 1 aliphatic heterocycles. The number of hydrogen-bond acceptors (Lipinski definition) is 5. The van der Waals surface area contributed by atoms with Crippen molar-refractivity contribution >= 4 is 0 Å². The highest BCUT2D eigenvalue weighted by molar-refractivity contribution is 4.97. The zero-order valence-corrected chi connectivity index (χ0v) is 8.14. The number of aliphatic hydroxyl groups excluding tert-OH is 1. The highest BCUT2D eigenvalue weighted by atomic mass is 16.5. The van der Waals surface area contributed by atoms with Gasteiger partial charge < -0.3 is 14.4 Å². The van der Waals surface area contributed by atoms with Crippen LogP contribution in [0.4, 0.5) is 0 Å². The zero-order chi connectivity index (χ0) is 9.97. The number of aromatic nitrogens is 2. The number of rotatable bonds is 2. The summed E-state index contributed by atoms with van der Waals surface area (Å²) in [6.07, 6.45) is 1.17. The molecule has 5 heteroatoms. The first kappa shape index (κ1) is 9.61. The van der Waals surface area contributed by atoms with Gasteiger partial charge in [-0.1, -0.05) is 5.16 Å². The molecule has 2 heterocycles. The first-order chi connectivity index (χ1) is 6.77. The summed E-state index contributed by atoms with van der Waals surface area (Å²) in [7, 11) is 0. The minimum absolute atomic E-state index is 0.298. The van der Waals surface area contributed by atoms with E-state index in [0.29, 0.717) is 17.6 Å². The maximum Gasteiger partial charge on any atom is 0.255 e. The van der Waals surface area contributed by atoms with E-state index in [4.69, 9.17) is 9.26 Å². The molecule has 1 atom stereocenters. The molecule has 0 radical (unpaired) electrons. The summed E-state index contributed by atoms with van der Waals surface area (Å²) in [6.45, 7) is 3.12. The molecule has 78 valence electrons. The summed E-state index contributed by atoms with van der Waals surface area (Å²) >= 11 is 0. The van der Waals surface area contributed by atoms with Crippen molar-refractivity contribution < 1.29 is 14.4 Å². The fourth-order valence-electron chi connectivity index (χ4n) is 1.54. The van der Waals surface area contributed by atoms with Crippen molar-refractivity contribution in [2.75, 3.05) is 13.2 Å². The molecule has 2 rings (SSSR count). The van der Waals surface area contributed by atoms with E-state index < -0.39 is 6.10 Å². The monoisotopic (exact) mass is 198 g/mol. The first-order valence-corrected chi connectivity index (χ1v) is 4.86. The molecule has 1 aromatic heterocycles. The van der Waals surface area contributed by atoms with Gasteiger partial charge in [0, 0.05) is 19.1 Å². The molecule has 0 amide bonds. The summed E-state index contributed by atoms with van der Waals surface area (Å²) in [5.41, 5.74) is 0. The second-order valence-electron chi connectivity index (χ2n) is 3.55. The normalized spacial score (nSPS) is 21.0. The Morgan fingerprint density at radius 2 is 2.14 bits per heavy atom. The fourth-order valence-corrected chi connectivity index (χ4v) is 1.54. The Labute approximate surface area is 82.1 Å². The van der Waals surface area contributed by atoms with Crippen LogP contribution in [-0.4, -0.2) is 28.5 Å². The summed E-state index contributed by atoms with van der Waals surface area (Å²) in [4.78, 5) is 4.15.